The van der Waals surface area contributed by atoms with Crippen LogP contribution < -0.4 is 10.2 Å². The van der Waals surface area contributed by atoms with Crippen LogP contribution in [0.25, 0.3) is 0 Å². The molecule has 3 heterocycles. The van der Waals surface area contributed by atoms with E-state index in [9.17, 15) is 13.2 Å². The quantitative estimate of drug-likeness (QED) is 0.857. The second kappa shape index (κ2) is 6.32. The molecule has 2 aliphatic heterocycles. The summed E-state index contributed by atoms with van der Waals surface area (Å²) in [5, 5.41) is 3.30. The predicted molar refractivity (Wildman–Crippen MR) is 73.7 cm³/mol. The van der Waals surface area contributed by atoms with Gasteiger partial charge in [-0.05, 0) is 12.8 Å². The van der Waals surface area contributed by atoms with Gasteiger partial charge in [-0.3, -0.25) is 0 Å². The molecule has 2 saturated heterocycles. The van der Waals surface area contributed by atoms with Crippen molar-refractivity contribution >= 4 is 30.8 Å². The highest BCUT2D eigenvalue weighted by atomic mass is 35.5. The maximum atomic E-state index is 12.4. The lowest BCUT2D eigenvalue weighted by molar-refractivity contribution is -0.138. The van der Waals surface area contributed by atoms with E-state index < -0.39 is 11.7 Å². The summed E-state index contributed by atoms with van der Waals surface area (Å²) >= 11 is 0. The van der Waals surface area contributed by atoms with Crippen molar-refractivity contribution in [3.8, 4) is 0 Å². The molecule has 2 fully saturated rings. The summed E-state index contributed by atoms with van der Waals surface area (Å²) in [6.07, 6.45) is -0.557. The van der Waals surface area contributed by atoms with E-state index in [4.69, 9.17) is 0 Å². The summed E-state index contributed by atoms with van der Waals surface area (Å²) in [5.41, 5.74) is -0.797. The molecule has 9 heteroatoms. The van der Waals surface area contributed by atoms with E-state index in [1.807, 2.05) is 0 Å². The van der Waals surface area contributed by atoms with Crippen molar-refractivity contribution in [1.29, 1.82) is 0 Å². The lowest BCUT2D eigenvalue weighted by Crippen LogP contribution is -2.52. The Morgan fingerprint density at radius 1 is 1.05 bits per heavy atom. The number of alkyl halides is 3. The molecule has 4 nitrogen and oxygen atoms in total. The van der Waals surface area contributed by atoms with Gasteiger partial charge in [0.15, 0.2) is 0 Å². The molecule has 1 N–H and O–H groups in total. The number of nitrogens with one attached hydrogen (secondary N) is 1. The Labute approximate surface area is 127 Å². The lowest BCUT2D eigenvalue weighted by Gasteiger charge is -2.35. The first kappa shape index (κ1) is 17.3. The van der Waals surface area contributed by atoms with E-state index in [-0.39, 0.29) is 24.8 Å². The second-order valence-corrected chi connectivity index (χ2v) is 4.72. The van der Waals surface area contributed by atoms with Gasteiger partial charge < -0.3 is 10.2 Å². The highest BCUT2D eigenvalue weighted by molar-refractivity contribution is 5.85. The summed E-state index contributed by atoms with van der Waals surface area (Å²) < 4.78 is 37.3. The van der Waals surface area contributed by atoms with Crippen LogP contribution in [0.1, 0.15) is 18.4 Å². The van der Waals surface area contributed by atoms with E-state index in [2.05, 4.69) is 20.2 Å². The van der Waals surface area contributed by atoms with Gasteiger partial charge in [-0.2, -0.15) is 13.2 Å². The summed E-state index contributed by atoms with van der Waals surface area (Å²) in [4.78, 5) is 9.81. The third kappa shape index (κ3) is 3.10. The Morgan fingerprint density at radius 2 is 1.55 bits per heavy atom. The molecular formula is C11H15Cl2F3N4. The molecular weight excluding hydrogens is 316 g/mol. The number of rotatable bonds is 1. The smallest absolute Gasteiger partial charge is 0.332 e. The lowest BCUT2D eigenvalue weighted by atomic mass is 10.2. The zero-order valence-corrected chi connectivity index (χ0v) is 12.1. The number of fused-ring (bicyclic) bond motifs is 2. The van der Waals surface area contributed by atoms with Gasteiger partial charge in [0.05, 0.1) is 5.56 Å². The van der Waals surface area contributed by atoms with Crippen LogP contribution in [0.3, 0.4) is 0 Å². The van der Waals surface area contributed by atoms with E-state index in [0.29, 0.717) is 18.0 Å². The monoisotopic (exact) mass is 330 g/mol. The number of nitrogens with zero attached hydrogens (tertiary/aromatic N) is 3. The SMILES string of the molecule is Cl.Cl.FC(F)(F)c1cnc(N2C3CCC2CNC3)nc1. The molecule has 1 aromatic heterocycles. The topological polar surface area (TPSA) is 41.1 Å². The summed E-state index contributed by atoms with van der Waals surface area (Å²) in [6, 6.07) is 0.612. The fourth-order valence-electron chi connectivity index (χ4n) is 2.71. The van der Waals surface area contributed by atoms with Crippen molar-refractivity contribution in [1.82, 2.24) is 15.3 Å². The molecule has 0 radical (unpaired) electrons. The zero-order valence-electron chi connectivity index (χ0n) is 10.4. The summed E-state index contributed by atoms with van der Waals surface area (Å²) in [5.74, 6) is 0.414. The van der Waals surface area contributed by atoms with Gasteiger partial charge in [-0.15, -0.1) is 24.8 Å². The largest absolute Gasteiger partial charge is 0.419 e. The molecule has 2 bridgehead atoms. The average molecular weight is 331 g/mol. The van der Waals surface area contributed by atoms with Gasteiger partial charge in [0.1, 0.15) is 0 Å². The summed E-state index contributed by atoms with van der Waals surface area (Å²) in [6.45, 7) is 1.70. The molecule has 2 atom stereocenters. The van der Waals surface area contributed by atoms with Crippen molar-refractivity contribution in [2.45, 2.75) is 31.1 Å². The van der Waals surface area contributed by atoms with Gasteiger partial charge in [-0.1, -0.05) is 0 Å². The van der Waals surface area contributed by atoms with Crippen LogP contribution in [0.5, 0.6) is 0 Å². The Hall–Kier alpha value is -0.790. The fourth-order valence-corrected chi connectivity index (χ4v) is 2.71. The Balaban J connectivity index is 0.000001000. The third-order valence-electron chi connectivity index (χ3n) is 3.58. The van der Waals surface area contributed by atoms with Gasteiger partial charge in [0, 0.05) is 37.6 Å². The molecule has 1 aromatic rings. The van der Waals surface area contributed by atoms with Crippen LogP contribution in [-0.4, -0.2) is 35.1 Å². The van der Waals surface area contributed by atoms with Crippen molar-refractivity contribution in [2.24, 2.45) is 0 Å². The number of hydrogen-bond donors (Lipinski definition) is 1. The molecule has 0 aromatic carbocycles. The van der Waals surface area contributed by atoms with Crippen molar-refractivity contribution in [3.05, 3.63) is 18.0 Å². The second-order valence-electron chi connectivity index (χ2n) is 4.72. The minimum Gasteiger partial charge on any atom is -0.332 e. The first-order valence-electron chi connectivity index (χ1n) is 5.94. The molecule has 2 unspecified atom stereocenters. The summed E-state index contributed by atoms with van der Waals surface area (Å²) in [7, 11) is 0. The highest BCUT2D eigenvalue weighted by Crippen LogP contribution is 2.32. The van der Waals surface area contributed by atoms with Gasteiger partial charge in [0.25, 0.3) is 0 Å². The molecule has 0 aliphatic carbocycles. The number of halogens is 5. The van der Waals surface area contributed by atoms with E-state index in [1.165, 1.54) is 0 Å². The van der Waals surface area contributed by atoms with Crippen LogP contribution >= 0.6 is 24.8 Å². The number of piperazine rings is 1. The number of aromatic nitrogens is 2. The van der Waals surface area contributed by atoms with Crippen LogP contribution in [0.4, 0.5) is 19.1 Å². The van der Waals surface area contributed by atoms with E-state index in [1.54, 1.807) is 0 Å². The van der Waals surface area contributed by atoms with Gasteiger partial charge in [-0.25, -0.2) is 9.97 Å². The first-order chi connectivity index (χ1) is 8.55. The van der Waals surface area contributed by atoms with Gasteiger partial charge >= 0.3 is 6.18 Å². The normalized spacial score (nSPS) is 24.9. The molecule has 0 saturated carbocycles. The maximum Gasteiger partial charge on any atom is 0.419 e. The molecule has 0 spiro atoms. The molecule has 20 heavy (non-hydrogen) atoms. The minimum absolute atomic E-state index is 0. The number of anilines is 1. The van der Waals surface area contributed by atoms with Crippen LogP contribution in [0.15, 0.2) is 12.4 Å². The van der Waals surface area contributed by atoms with Crippen LogP contribution in [0, 0.1) is 0 Å². The zero-order chi connectivity index (χ0) is 12.8. The third-order valence-corrected chi connectivity index (χ3v) is 3.58. The standard InChI is InChI=1S/C11H13F3N4.2ClH/c12-11(13,14)7-3-16-10(17-4-7)18-8-1-2-9(18)6-15-5-8;;/h3-4,8-9,15H,1-2,5-6H2;2*1H. The van der Waals surface area contributed by atoms with Crippen molar-refractivity contribution in [2.75, 3.05) is 18.0 Å². The first-order valence-corrected chi connectivity index (χ1v) is 5.94. The Bertz CT molecular complexity index is 424. The maximum absolute atomic E-state index is 12.4. The highest BCUT2D eigenvalue weighted by Gasteiger charge is 2.38. The van der Waals surface area contributed by atoms with Crippen LogP contribution in [-0.2, 0) is 6.18 Å². The van der Waals surface area contributed by atoms with Gasteiger partial charge in [0.2, 0.25) is 5.95 Å². The molecule has 3 rings (SSSR count). The molecule has 0 amide bonds. The fraction of sp³-hybridized carbons (Fsp3) is 0.636. The predicted octanol–water partition coefficient (Wildman–Crippen LogP) is 2.28. The average Bonchev–Trinajstić information content (AvgIpc) is 2.58. The van der Waals surface area contributed by atoms with E-state index in [0.717, 1.165) is 38.3 Å². The molecule has 114 valence electrons. The van der Waals surface area contributed by atoms with Crippen molar-refractivity contribution in [3.63, 3.8) is 0 Å². The Morgan fingerprint density at radius 3 is 2.00 bits per heavy atom. The molecule has 2 aliphatic rings. The van der Waals surface area contributed by atoms with Crippen LogP contribution in [0.2, 0.25) is 0 Å². The number of hydrogen-bond acceptors (Lipinski definition) is 4. The Kier molecular flexibility index (Phi) is 5.46. The van der Waals surface area contributed by atoms with Crippen molar-refractivity contribution < 1.29 is 13.2 Å². The van der Waals surface area contributed by atoms with E-state index >= 15 is 0 Å². The minimum atomic E-state index is -4.37.